The number of nitrogens with one attached hydrogen (secondary N) is 2. The first-order valence-electron chi connectivity index (χ1n) is 8.35. The summed E-state index contributed by atoms with van der Waals surface area (Å²) in [6.07, 6.45) is 2.66. The van der Waals surface area contributed by atoms with Gasteiger partial charge >= 0.3 is 16.4 Å². The lowest BCUT2D eigenvalue weighted by Gasteiger charge is -2.29. The van der Waals surface area contributed by atoms with Gasteiger partial charge < -0.3 is 14.6 Å². The summed E-state index contributed by atoms with van der Waals surface area (Å²) in [4.78, 5) is 31.8. The van der Waals surface area contributed by atoms with Crippen LogP contribution in [0, 0.1) is 0 Å². The predicted molar refractivity (Wildman–Crippen MR) is 85.9 cm³/mol. The average molecular weight is 402 g/mol. The summed E-state index contributed by atoms with van der Waals surface area (Å²) in [5.41, 5.74) is 2.79. The maximum absolute atomic E-state index is 12.7. The Morgan fingerprint density at radius 1 is 1.37 bits per heavy atom. The highest BCUT2D eigenvalue weighted by molar-refractivity contribution is 7.80. The number of hydrogen-bond donors (Lipinski definition) is 3. The van der Waals surface area contributed by atoms with Crippen LogP contribution in [0.2, 0.25) is 0 Å². The van der Waals surface area contributed by atoms with Gasteiger partial charge in [-0.1, -0.05) is 0 Å². The quantitative estimate of drug-likeness (QED) is 0.443. The second-order valence-electron chi connectivity index (χ2n) is 6.46. The zero-order valence-corrected chi connectivity index (χ0v) is 14.8. The molecule has 3 N–H and O–H groups in total. The minimum atomic E-state index is -4.91. The number of urea groups is 1. The molecular weight excluding hydrogens is 384 g/mol. The molecule has 2 saturated heterocycles. The molecule has 0 radical (unpaired) electrons. The van der Waals surface area contributed by atoms with Gasteiger partial charge in [0.05, 0.1) is 18.9 Å². The van der Waals surface area contributed by atoms with Gasteiger partial charge in [0.1, 0.15) is 11.8 Å². The van der Waals surface area contributed by atoms with Crippen molar-refractivity contribution in [2.45, 2.75) is 31.0 Å². The predicted octanol–water partition coefficient (Wildman–Crippen LogP) is -0.353. The fourth-order valence-electron chi connectivity index (χ4n) is 3.57. The summed E-state index contributed by atoms with van der Waals surface area (Å²) in [5, 5.41) is 3.70. The van der Waals surface area contributed by atoms with E-state index in [1.807, 2.05) is 0 Å². The maximum atomic E-state index is 12.7. The number of furan rings is 1. The highest BCUT2D eigenvalue weighted by Crippen LogP contribution is 2.44. The number of nitrogens with zero attached hydrogens (tertiary/aromatic N) is 2. The Hall–Kier alpha value is -2.19. The van der Waals surface area contributed by atoms with Gasteiger partial charge in [-0.05, 0) is 32.0 Å². The molecule has 4 rings (SSSR count). The summed E-state index contributed by atoms with van der Waals surface area (Å²) < 4.78 is 40.8. The Labute approximate surface area is 154 Å². The molecule has 3 aliphatic rings. The molecule has 4 heterocycles. The SMILES string of the molecule is O=C(NOC1CCNCC1)[C@@H]1c2occc2[C@@H]2CN1C(=O)N2OS(=O)(=O)O. The summed E-state index contributed by atoms with van der Waals surface area (Å²) in [5.74, 6) is -0.433. The van der Waals surface area contributed by atoms with Crippen LogP contribution in [0.4, 0.5) is 4.79 Å². The molecule has 148 valence electrons. The van der Waals surface area contributed by atoms with Crippen LogP contribution >= 0.6 is 0 Å². The van der Waals surface area contributed by atoms with Gasteiger partial charge in [-0.15, -0.1) is 4.28 Å². The summed E-state index contributed by atoms with van der Waals surface area (Å²) in [7, 11) is -4.91. The maximum Gasteiger partial charge on any atom is 0.418 e. The van der Waals surface area contributed by atoms with E-state index in [1.165, 1.54) is 12.3 Å². The Morgan fingerprint density at radius 3 is 2.81 bits per heavy atom. The van der Waals surface area contributed by atoms with Crippen LogP contribution in [0.1, 0.15) is 36.2 Å². The van der Waals surface area contributed by atoms with Crippen molar-refractivity contribution in [3.63, 3.8) is 0 Å². The van der Waals surface area contributed by atoms with Crippen molar-refractivity contribution in [3.05, 3.63) is 23.7 Å². The molecule has 0 aliphatic carbocycles. The fourth-order valence-corrected chi connectivity index (χ4v) is 3.94. The van der Waals surface area contributed by atoms with Crippen LogP contribution in [0.5, 0.6) is 0 Å². The molecule has 0 aromatic carbocycles. The standard InChI is InChI=1S/C14H18N4O8S/c19-13(16-25-8-1-4-15-5-2-8)11-12-9(3-6-24-12)10-7-17(11)14(20)18(10)26-27(21,22)23/h3,6,8,10-11,15H,1-2,4-5,7H2,(H,16,19)(H,21,22,23)/t10-,11-/m0/s1. The van der Waals surface area contributed by atoms with E-state index in [1.54, 1.807) is 0 Å². The molecule has 0 unspecified atom stereocenters. The Kier molecular flexibility index (Phi) is 4.55. The number of hydroxylamine groups is 3. The van der Waals surface area contributed by atoms with E-state index in [9.17, 15) is 18.0 Å². The average Bonchev–Trinajstić information content (AvgIpc) is 3.20. The third-order valence-corrected chi connectivity index (χ3v) is 5.12. The van der Waals surface area contributed by atoms with Crippen LogP contribution < -0.4 is 10.8 Å². The third-order valence-electron chi connectivity index (χ3n) is 4.77. The topological polar surface area (TPSA) is 151 Å². The normalized spacial score (nSPS) is 25.6. The van der Waals surface area contributed by atoms with Crippen molar-refractivity contribution in [2.24, 2.45) is 0 Å². The first-order valence-corrected chi connectivity index (χ1v) is 9.72. The number of piperidine rings is 1. The molecule has 1 aromatic rings. The zero-order valence-electron chi connectivity index (χ0n) is 14.0. The van der Waals surface area contributed by atoms with Gasteiger partial charge in [-0.25, -0.2) is 10.3 Å². The van der Waals surface area contributed by atoms with E-state index in [0.29, 0.717) is 10.6 Å². The van der Waals surface area contributed by atoms with Crippen molar-refractivity contribution in [3.8, 4) is 0 Å². The minimum absolute atomic E-state index is 0.00762. The van der Waals surface area contributed by atoms with E-state index in [0.717, 1.165) is 30.8 Å². The van der Waals surface area contributed by atoms with Crippen LogP contribution in [0.3, 0.4) is 0 Å². The van der Waals surface area contributed by atoms with Gasteiger partial charge in [0.15, 0.2) is 6.04 Å². The molecule has 0 spiro atoms. The lowest BCUT2D eigenvalue weighted by molar-refractivity contribution is -0.145. The highest BCUT2D eigenvalue weighted by Gasteiger charge is 2.54. The zero-order chi connectivity index (χ0) is 19.2. The molecule has 2 atom stereocenters. The fraction of sp³-hybridized carbons (Fsp3) is 0.571. The monoisotopic (exact) mass is 402 g/mol. The smallest absolute Gasteiger partial charge is 0.418 e. The van der Waals surface area contributed by atoms with Crippen molar-refractivity contribution in [1.82, 2.24) is 20.8 Å². The second kappa shape index (κ2) is 6.76. The first-order chi connectivity index (χ1) is 12.8. The van der Waals surface area contributed by atoms with Gasteiger partial charge in [0.25, 0.3) is 5.91 Å². The number of carbonyl (C=O) groups is 2. The van der Waals surface area contributed by atoms with E-state index in [-0.39, 0.29) is 18.4 Å². The Balaban J connectivity index is 1.54. The van der Waals surface area contributed by atoms with Crippen LogP contribution in [0.15, 0.2) is 16.7 Å². The van der Waals surface area contributed by atoms with Gasteiger partial charge in [-0.2, -0.15) is 13.5 Å². The molecule has 2 fully saturated rings. The number of fused-ring (bicyclic) bond motifs is 4. The molecule has 3 aliphatic heterocycles. The van der Waals surface area contributed by atoms with E-state index in [2.05, 4.69) is 15.1 Å². The van der Waals surface area contributed by atoms with E-state index < -0.39 is 34.4 Å². The van der Waals surface area contributed by atoms with Gasteiger partial charge in [0.2, 0.25) is 0 Å². The molecule has 0 saturated carbocycles. The highest BCUT2D eigenvalue weighted by atomic mass is 32.3. The van der Waals surface area contributed by atoms with Crippen LogP contribution in [0.25, 0.3) is 0 Å². The van der Waals surface area contributed by atoms with Crippen LogP contribution in [-0.4, -0.2) is 60.6 Å². The summed E-state index contributed by atoms with van der Waals surface area (Å²) in [6, 6.07) is -1.34. The van der Waals surface area contributed by atoms with Crippen molar-refractivity contribution < 1.29 is 36.1 Å². The number of rotatable bonds is 5. The number of carbonyl (C=O) groups excluding carboxylic acids is 2. The Bertz CT molecular complexity index is 849. The van der Waals surface area contributed by atoms with Crippen LogP contribution in [-0.2, 0) is 24.3 Å². The molecular formula is C14H18N4O8S. The van der Waals surface area contributed by atoms with Gasteiger partial charge in [0, 0.05) is 5.56 Å². The van der Waals surface area contributed by atoms with Crippen molar-refractivity contribution in [2.75, 3.05) is 19.6 Å². The second-order valence-corrected chi connectivity index (χ2v) is 7.46. The largest absolute Gasteiger partial charge is 0.466 e. The molecule has 13 heteroatoms. The van der Waals surface area contributed by atoms with Crippen molar-refractivity contribution in [1.29, 1.82) is 0 Å². The third kappa shape index (κ3) is 3.39. The first kappa shape index (κ1) is 18.2. The lowest BCUT2D eigenvalue weighted by atomic mass is 9.98. The van der Waals surface area contributed by atoms with Gasteiger partial charge in [-0.3, -0.25) is 14.2 Å². The summed E-state index contributed by atoms with van der Waals surface area (Å²) >= 11 is 0. The molecule has 2 bridgehead atoms. The summed E-state index contributed by atoms with van der Waals surface area (Å²) in [6.45, 7) is 1.55. The molecule has 3 amide bonds. The van der Waals surface area contributed by atoms with Crippen molar-refractivity contribution >= 4 is 22.3 Å². The molecule has 1 aromatic heterocycles. The lowest BCUT2D eigenvalue weighted by Crippen LogP contribution is -2.45. The van der Waals surface area contributed by atoms with E-state index >= 15 is 0 Å². The molecule has 27 heavy (non-hydrogen) atoms. The Morgan fingerprint density at radius 2 is 2.11 bits per heavy atom. The van der Waals surface area contributed by atoms with E-state index in [4.69, 9.17) is 13.8 Å². The molecule has 12 nitrogen and oxygen atoms in total. The minimum Gasteiger partial charge on any atom is -0.466 e. The number of hydrogen-bond acceptors (Lipinski definition) is 8. The number of amides is 3.